The molecule has 1 rings (SSSR count). The van der Waals surface area contributed by atoms with Crippen LogP contribution in [0.1, 0.15) is 6.92 Å². The summed E-state index contributed by atoms with van der Waals surface area (Å²) in [5, 5.41) is 0. The first-order valence-corrected chi connectivity index (χ1v) is 4.30. The Morgan fingerprint density at radius 2 is 2.30 bits per heavy atom. The molecule has 0 amide bonds. The van der Waals surface area contributed by atoms with E-state index in [4.69, 9.17) is 4.74 Å². The highest BCUT2D eigenvalue weighted by Gasteiger charge is 2.20. The second-order valence-corrected chi connectivity index (χ2v) is 3.34. The third-order valence-corrected chi connectivity index (χ3v) is 2.12. The standard InChI is InChI=1S/C7H15NOS/c1-6-3-8(2)4-7(5-10)9-6/h6-7,10H,3-5H2,1-2H3. The second kappa shape index (κ2) is 3.60. The third-order valence-electron chi connectivity index (χ3n) is 1.71. The van der Waals surface area contributed by atoms with Crippen molar-refractivity contribution in [2.45, 2.75) is 19.1 Å². The average molecular weight is 161 g/mol. The molecule has 1 heterocycles. The van der Waals surface area contributed by atoms with Crippen LogP contribution >= 0.6 is 12.6 Å². The fourth-order valence-electron chi connectivity index (χ4n) is 1.38. The number of thiol groups is 1. The van der Waals surface area contributed by atoms with Crippen LogP contribution in [0.5, 0.6) is 0 Å². The van der Waals surface area contributed by atoms with Crippen LogP contribution in [-0.2, 0) is 4.74 Å². The predicted octanol–water partition coefficient (Wildman–Crippen LogP) is 0.635. The van der Waals surface area contributed by atoms with E-state index in [0.717, 1.165) is 18.8 Å². The van der Waals surface area contributed by atoms with E-state index >= 15 is 0 Å². The molecule has 0 spiro atoms. The molecule has 0 saturated carbocycles. The van der Waals surface area contributed by atoms with Crippen molar-refractivity contribution in [2.24, 2.45) is 0 Å². The first-order chi connectivity index (χ1) is 4.72. The molecule has 1 aliphatic rings. The molecule has 2 atom stereocenters. The maximum atomic E-state index is 5.59. The topological polar surface area (TPSA) is 12.5 Å². The van der Waals surface area contributed by atoms with Gasteiger partial charge < -0.3 is 9.64 Å². The van der Waals surface area contributed by atoms with Gasteiger partial charge in [-0.25, -0.2) is 0 Å². The summed E-state index contributed by atoms with van der Waals surface area (Å²) in [4.78, 5) is 2.29. The molecule has 0 bridgehead atoms. The molecule has 2 unspecified atom stereocenters. The molecule has 1 aliphatic heterocycles. The lowest BCUT2D eigenvalue weighted by molar-refractivity contribution is -0.0578. The van der Waals surface area contributed by atoms with Crippen molar-refractivity contribution < 1.29 is 4.74 Å². The van der Waals surface area contributed by atoms with Gasteiger partial charge in [0.2, 0.25) is 0 Å². The molecule has 0 N–H and O–H groups in total. The minimum Gasteiger partial charge on any atom is -0.372 e. The fraction of sp³-hybridized carbons (Fsp3) is 1.00. The van der Waals surface area contributed by atoms with E-state index in [9.17, 15) is 0 Å². The van der Waals surface area contributed by atoms with Gasteiger partial charge in [0.1, 0.15) is 0 Å². The average Bonchev–Trinajstić information content (AvgIpc) is 1.85. The van der Waals surface area contributed by atoms with Gasteiger partial charge in [0.15, 0.2) is 0 Å². The van der Waals surface area contributed by atoms with Gasteiger partial charge in [-0.2, -0.15) is 12.6 Å². The lowest BCUT2D eigenvalue weighted by Gasteiger charge is -2.33. The van der Waals surface area contributed by atoms with Gasteiger partial charge in [-0.05, 0) is 14.0 Å². The molecule has 1 saturated heterocycles. The molecule has 0 aromatic carbocycles. The number of rotatable bonds is 1. The lowest BCUT2D eigenvalue weighted by atomic mass is 10.2. The zero-order chi connectivity index (χ0) is 7.56. The van der Waals surface area contributed by atoms with Crippen LogP contribution in [0, 0.1) is 0 Å². The molecular weight excluding hydrogens is 146 g/mol. The molecule has 60 valence electrons. The summed E-state index contributed by atoms with van der Waals surface area (Å²) in [5.74, 6) is 0.828. The van der Waals surface area contributed by atoms with Crippen LogP contribution in [0.3, 0.4) is 0 Å². The summed E-state index contributed by atoms with van der Waals surface area (Å²) in [6.45, 7) is 4.17. The normalized spacial score (nSPS) is 36.3. The molecule has 0 aromatic rings. The van der Waals surface area contributed by atoms with Gasteiger partial charge in [-0.1, -0.05) is 0 Å². The minimum atomic E-state index is 0.331. The highest BCUT2D eigenvalue weighted by atomic mass is 32.1. The van der Waals surface area contributed by atoms with Gasteiger partial charge in [-0.15, -0.1) is 0 Å². The Labute approximate surface area is 68.0 Å². The summed E-state index contributed by atoms with van der Waals surface area (Å²) < 4.78 is 5.59. The van der Waals surface area contributed by atoms with E-state index in [1.807, 2.05) is 0 Å². The van der Waals surface area contributed by atoms with E-state index in [-0.39, 0.29) is 0 Å². The Kier molecular flexibility index (Phi) is 3.01. The Hall–Kier alpha value is 0.270. The van der Waals surface area contributed by atoms with Crippen molar-refractivity contribution in [1.82, 2.24) is 4.90 Å². The summed E-state index contributed by atoms with van der Waals surface area (Å²) in [5.41, 5.74) is 0. The molecular formula is C7H15NOS. The Bertz CT molecular complexity index is 99.8. The summed E-state index contributed by atoms with van der Waals surface area (Å²) in [6.07, 6.45) is 0.702. The van der Waals surface area contributed by atoms with Crippen LogP contribution in [0.15, 0.2) is 0 Å². The van der Waals surface area contributed by atoms with Crippen LogP contribution in [0.4, 0.5) is 0 Å². The number of morpholine rings is 1. The monoisotopic (exact) mass is 161 g/mol. The smallest absolute Gasteiger partial charge is 0.0793 e. The van der Waals surface area contributed by atoms with Crippen LogP contribution in [0.2, 0.25) is 0 Å². The van der Waals surface area contributed by atoms with Crippen molar-refractivity contribution in [3.63, 3.8) is 0 Å². The van der Waals surface area contributed by atoms with E-state index in [1.165, 1.54) is 0 Å². The maximum absolute atomic E-state index is 5.59. The van der Waals surface area contributed by atoms with Crippen molar-refractivity contribution in [1.29, 1.82) is 0 Å². The van der Waals surface area contributed by atoms with Crippen LogP contribution < -0.4 is 0 Å². The molecule has 2 nitrogen and oxygen atoms in total. The van der Waals surface area contributed by atoms with Crippen molar-refractivity contribution in [3.8, 4) is 0 Å². The fourth-order valence-corrected chi connectivity index (χ4v) is 1.58. The quantitative estimate of drug-likeness (QED) is 0.566. The highest BCUT2D eigenvalue weighted by Crippen LogP contribution is 2.09. The SMILES string of the molecule is CC1CN(C)CC(CS)O1. The zero-order valence-corrected chi connectivity index (χ0v) is 7.47. The Balaban J connectivity index is 2.35. The van der Waals surface area contributed by atoms with Crippen LogP contribution in [-0.4, -0.2) is 43.0 Å². The van der Waals surface area contributed by atoms with E-state index in [1.54, 1.807) is 0 Å². The largest absolute Gasteiger partial charge is 0.372 e. The van der Waals surface area contributed by atoms with E-state index < -0.39 is 0 Å². The van der Waals surface area contributed by atoms with Crippen LogP contribution in [0.25, 0.3) is 0 Å². The molecule has 0 aliphatic carbocycles. The second-order valence-electron chi connectivity index (χ2n) is 2.97. The Morgan fingerprint density at radius 3 is 2.80 bits per heavy atom. The molecule has 0 radical (unpaired) electrons. The highest BCUT2D eigenvalue weighted by molar-refractivity contribution is 7.80. The van der Waals surface area contributed by atoms with Crippen molar-refractivity contribution in [3.05, 3.63) is 0 Å². The summed E-state index contributed by atoms with van der Waals surface area (Å²) >= 11 is 4.19. The molecule has 0 aromatic heterocycles. The zero-order valence-electron chi connectivity index (χ0n) is 6.58. The molecule has 1 fully saturated rings. The van der Waals surface area contributed by atoms with Gasteiger partial charge in [0.25, 0.3) is 0 Å². The van der Waals surface area contributed by atoms with E-state index in [2.05, 4.69) is 31.5 Å². The number of hydrogen-bond donors (Lipinski definition) is 1. The number of hydrogen-bond acceptors (Lipinski definition) is 3. The predicted molar refractivity (Wildman–Crippen MR) is 45.7 cm³/mol. The van der Waals surface area contributed by atoms with Gasteiger partial charge in [-0.3, -0.25) is 0 Å². The third kappa shape index (κ3) is 2.15. The number of nitrogens with zero attached hydrogens (tertiary/aromatic N) is 1. The molecule has 3 heteroatoms. The Morgan fingerprint density at radius 1 is 1.60 bits per heavy atom. The minimum absolute atomic E-state index is 0.331. The van der Waals surface area contributed by atoms with Crippen molar-refractivity contribution in [2.75, 3.05) is 25.9 Å². The van der Waals surface area contributed by atoms with Gasteiger partial charge >= 0.3 is 0 Å². The molecule has 10 heavy (non-hydrogen) atoms. The summed E-state index contributed by atoms with van der Waals surface area (Å²) in [6, 6.07) is 0. The van der Waals surface area contributed by atoms with Crippen molar-refractivity contribution >= 4 is 12.6 Å². The first kappa shape index (κ1) is 8.37. The lowest BCUT2D eigenvalue weighted by Crippen LogP contribution is -2.45. The van der Waals surface area contributed by atoms with Gasteiger partial charge in [0, 0.05) is 18.8 Å². The maximum Gasteiger partial charge on any atom is 0.0793 e. The first-order valence-electron chi connectivity index (χ1n) is 3.67. The van der Waals surface area contributed by atoms with E-state index in [0.29, 0.717) is 12.2 Å². The number of likely N-dealkylation sites (N-methyl/N-ethyl adjacent to an activating group) is 1. The summed E-state index contributed by atoms with van der Waals surface area (Å²) in [7, 11) is 2.12. The van der Waals surface area contributed by atoms with Gasteiger partial charge in [0.05, 0.1) is 12.2 Å². The number of ether oxygens (including phenoxy) is 1.